The summed E-state index contributed by atoms with van der Waals surface area (Å²) in [7, 11) is 0. The van der Waals surface area contributed by atoms with Gasteiger partial charge in [-0.15, -0.1) is 0 Å². The van der Waals surface area contributed by atoms with Gasteiger partial charge in [0.1, 0.15) is 0 Å². The van der Waals surface area contributed by atoms with Gasteiger partial charge < -0.3 is 10.4 Å². The summed E-state index contributed by atoms with van der Waals surface area (Å²) in [5.41, 5.74) is 5.67. The Labute approximate surface area is 177 Å². The number of fused-ring (bicyclic) bond motifs is 1. The van der Waals surface area contributed by atoms with Gasteiger partial charge in [-0.3, -0.25) is 0 Å². The molecule has 4 rings (SSSR count). The molecule has 0 saturated carbocycles. The fraction of sp³-hybridized carbons (Fsp3) is 0.217. The van der Waals surface area contributed by atoms with E-state index in [1.165, 1.54) is 0 Å². The summed E-state index contributed by atoms with van der Waals surface area (Å²) in [5, 5.41) is 17.0. The van der Waals surface area contributed by atoms with E-state index in [4.69, 9.17) is 5.10 Å². The van der Waals surface area contributed by atoms with Crippen molar-refractivity contribution in [3.05, 3.63) is 71.9 Å². The summed E-state index contributed by atoms with van der Waals surface area (Å²) in [6.45, 7) is 1.60. The van der Waals surface area contributed by atoms with Crippen LogP contribution in [0.4, 0.5) is 18.9 Å². The average molecular weight is 426 g/mol. The van der Waals surface area contributed by atoms with Crippen molar-refractivity contribution in [1.82, 2.24) is 14.6 Å². The van der Waals surface area contributed by atoms with E-state index >= 15 is 0 Å². The first-order valence-corrected chi connectivity index (χ1v) is 9.81. The molecule has 0 fully saturated rings. The Morgan fingerprint density at radius 2 is 1.81 bits per heavy atom. The van der Waals surface area contributed by atoms with E-state index in [0.717, 1.165) is 27.9 Å². The number of benzene rings is 2. The van der Waals surface area contributed by atoms with Crippen LogP contribution < -0.4 is 5.32 Å². The van der Waals surface area contributed by atoms with Gasteiger partial charge >= 0.3 is 6.18 Å². The maximum atomic E-state index is 12.7. The molecule has 0 saturated heterocycles. The standard InChI is InChI=1S/C23H21F3N4O/c1-15-5-7-17(8-6-15)21-13-28-22-20(27-10-9-23(24,25)26)12-19(29-30(21)22)18-4-2-3-16(11-18)14-31/h2-8,11-13,27,31H,9-10,14H2,1H3. The molecule has 4 aromatic rings. The molecule has 0 unspecified atom stereocenters. The first kappa shape index (κ1) is 20.9. The van der Waals surface area contributed by atoms with Crippen molar-refractivity contribution < 1.29 is 18.3 Å². The Kier molecular flexibility index (Phi) is 5.65. The topological polar surface area (TPSA) is 62.5 Å². The summed E-state index contributed by atoms with van der Waals surface area (Å²) in [6.07, 6.45) is -3.55. The molecule has 31 heavy (non-hydrogen) atoms. The highest BCUT2D eigenvalue weighted by Crippen LogP contribution is 2.29. The van der Waals surface area contributed by atoms with Crippen molar-refractivity contribution >= 4 is 11.3 Å². The number of alkyl halides is 3. The van der Waals surface area contributed by atoms with Gasteiger partial charge in [-0.1, -0.05) is 48.0 Å². The van der Waals surface area contributed by atoms with E-state index < -0.39 is 12.6 Å². The van der Waals surface area contributed by atoms with Gasteiger partial charge in [-0.2, -0.15) is 18.3 Å². The van der Waals surface area contributed by atoms with Crippen molar-refractivity contribution in [2.75, 3.05) is 11.9 Å². The molecule has 0 radical (unpaired) electrons. The minimum absolute atomic E-state index is 0.119. The van der Waals surface area contributed by atoms with Crippen LogP contribution in [0.25, 0.3) is 28.2 Å². The van der Waals surface area contributed by atoms with Crippen LogP contribution in [0.5, 0.6) is 0 Å². The first-order valence-electron chi connectivity index (χ1n) is 9.81. The highest BCUT2D eigenvalue weighted by Gasteiger charge is 2.26. The highest BCUT2D eigenvalue weighted by atomic mass is 19.4. The number of anilines is 1. The second-order valence-corrected chi connectivity index (χ2v) is 7.34. The van der Waals surface area contributed by atoms with Crippen LogP contribution in [0.1, 0.15) is 17.5 Å². The summed E-state index contributed by atoms with van der Waals surface area (Å²) < 4.78 is 39.6. The number of aliphatic hydroxyl groups excluding tert-OH is 1. The molecule has 2 N–H and O–H groups in total. The van der Waals surface area contributed by atoms with E-state index in [-0.39, 0.29) is 13.2 Å². The molecular formula is C23H21F3N4O. The summed E-state index contributed by atoms with van der Waals surface area (Å²) in [6, 6.07) is 16.8. The van der Waals surface area contributed by atoms with Gasteiger partial charge in [0.25, 0.3) is 0 Å². The fourth-order valence-electron chi connectivity index (χ4n) is 3.33. The monoisotopic (exact) mass is 426 g/mol. The van der Waals surface area contributed by atoms with Crippen molar-refractivity contribution in [2.24, 2.45) is 0 Å². The van der Waals surface area contributed by atoms with Gasteiger partial charge in [0.05, 0.1) is 36.3 Å². The Hall–Kier alpha value is -3.39. The van der Waals surface area contributed by atoms with Gasteiger partial charge in [0.15, 0.2) is 5.65 Å². The third kappa shape index (κ3) is 4.69. The first-order chi connectivity index (χ1) is 14.8. The van der Waals surface area contributed by atoms with Crippen LogP contribution in [-0.2, 0) is 6.61 Å². The summed E-state index contributed by atoms with van der Waals surface area (Å²) >= 11 is 0. The zero-order chi connectivity index (χ0) is 22.0. The van der Waals surface area contributed by atoms with Crippen LogP contribution >= 0.6 is 0 Å². The molecule has 0 aliphatic rings. The second kappa shape index (κ2) is 8.39. The van der Waals surface area contributed by atoms with E-state index in [1.54, 1.807) is 35.0 Å². The molecular weight excluding hydrogens is 405 g/mol. The number of aromatic nitrogens is 3. The zero-order valence-electron chi connectivity index (χ0n) is 16.8. The quantitative estimate of drug-likeness (QED) is 0.443. The van der Waals surface area contributed by atoms with Crippen molar-refractivity contribution in [1.29, 1.82) is 0 Å². The van der Waals surface area contributed by atoms with Crippen LogP contribution in [0.3, 0.4) is 0 Å². The van der Waals surface area contributed by atoms with Gasteiger partial charge in [-0.25, -0.2) is 9.50 Å². The summed E-state index contributed by atoms with van der Waals surface area (Å²) in [5.74, 6) is 0. The lowest BCUT2D eigenvalue weighted by Crippen LogP contribution is -2.15. The lowest BCUT2D eigenvalue weighted by molar-refractivity contribution is -0.131. The number of halogens is 3. The van der Waals surface area contributed by atoms with E-state index in [2.05, 4.69) is 10.3 Å². The minimum Gasteiger partial charge on any atom is -0.392 e. The van der Waals surface area contributed by atoms with Crippen molar-refractivity contribution in [3.8, 4) is 22.5 Å². The van der Waals surface area contributed by atoms with Crippen LogP contribution in [0, 0.1) is 6.92 Å². The lowest BCUT2D eigenvalue weighted by atomic mass is 10.1. The van der Waals surface area contributed by atoms with E-state index in [9.17, 15) is 18.3 Å². The SMILES string of the molecule is Cc1ccc(-c2cnc3c(NCCC(F)(F)F)cc(-c4cccc(CO)c4)nn23)cc1. The predicted molar refractivity (Wildman–Crippen MR) is 114 cm³/mol. The third-order valence-electron chi connectivity index (χ3n) is 4.94. The molecule has 5 nitrogen and oxygen atoms in total. The number of aliphatic hydroxyl groups is 1. The molecule has 0 amide bonds. The normalized spacial score (nSPS) is 11.8. The minimum atomic E-state index is -4.25. The van der Waals surface area contributed by atoms with Crippen LogP contribution in [0.15, 0.2) is 60.8 Å². The molecule has 160 valence electrons. The number of hydrogen-bond donors (Lipinski definition) is 2. The van der Waals surface area contributed by atoms with Crippen LogP contribution in [-0.4, -0.2) is 32.4 Å². The van der Waals surface area contributed by atoms with Crippen molar-refractivity contribution in [3.63, 3.8) is 0 Å². The highest BCUT2D eigenvalue weighted by molar-refractivity contribution is 5.77. The number of rotatable bonds is 6. The largest absolute Gasteiger partial charge is 0.392 e. The zero-order valence-corrected chi connectivity index (χ0v) is 16.8. The Bertz CT molecular complexity index is 1200. The van der Waals surface area contributed by atoms with Gasteiger partial charge in [0, 0.05) is 17.7 Å². The predicted octanol–water partition coefficient (Wildman–Crippen LogP) is 5.23. The molecule has 8 heteroatoms. The molecule has 2 aromatic carbocycles. The number of hydrogen-bond acceptors (Lipinski definition) is 4. The summed E-state index contributed by atoms with van der Waals surface area (Å²) in [4.78, 5) is 4.42. The van der Waals surface area contributed by atoms with Crippen molar-refractivity contribution in [2.45, 2.75) is 26.1 Å². The van der Waals surface area contributed by atoms with Gasteiger partial charge in [0.2, 0.25) is 0 Å². The molecule has 2 heterocycles. The smallest absolute Gasteiger partial charge is 0.390 e. The molecule has 2 aromatic heterocycles. The van der Waals surface area contributed by atoms with Gasteiger partial charge in [-0.05, 0) is 24.6 Å². The molecule has 0 aliphatic heterocycles. The van der Waals surface area contributed by atoms with E-state index in [0.29, 0.717) is 17.0 Å². The van der Waals surface area contributed by atoms with Crippen LogP contribution in [0.2, 0.25) is 0 Å². The molecule has 0 spiro atoms. The average Bonchev–Trinajstić information content (AvgIpc) is 3.17. The maximum absolute atomic E-state index is 12.7. The second-order valence-electron chi connectivity index (χ2n) is 7.34. The fourth-order valence-corrected chi connectivity index (χ4v) is 3.33. The van der Waals surface area contributed by atoms with E-state index in [1.807, 2.05) is 37.3 Å². The Morgan fingerprint density at radius 3 is 2.52 bits per heavy atom. The number of nitrogens with one attached hydrogen (secondary N) is 1. The molecule has 0 aliphatic carbocycles. The number of nitrogens with zero attached hydrogens (tertiary/aromatic N) is 3. The molecule has 0 atom stereocenters. The number of aryl methyl sites for hydroxylation is 1. The number of imidazole rings is 1. The Balaban J connectivity index is 1.83. The third-order valence-corrected chi connectivity index (χ3v) is 4.94. The Morgan fingerprint density at radius 1 is 1.03 bits per heavy atom. The lowest BCUT2D eigenvalue weighted by Gasteiger charge is -2.13. The molecule has 0 bridgehead atoms. The maximum Gasteiger partial charge on any atom is 0.390 e.